The Morgan fingerprint density at radius 3 is 2.60 bits per heavy atom. The Balaban J connectivity index is 1.98. The molecule has 1 aromatic rings. The van der Waals surface area contributed by atoms with Gasteiger partial charge >= 0.3 is 0 Å². The summed E-state index contributed by atoms with van der Waals surface area (Å²) in [6, 6.07) is 9.39. The molecule has 0 aromatic heterocycles. The van der Waals surface area contributed by atoms with Gasteiger partial charge in [0.1, 0.15) is 0 Å². The number of amides is 1. The molecule has 0 aliphatic heterocycles. The molecular weight excluding hydrogens is 210 g/mol. The lowest BCUT2D eigenvalue weighted by Gasteiger charge is -2.15. The van der Waals surface area contributed by atoms with E-state index in [1.807, 2.05) is 30.3 Å². The summed E-state index contributed by atoms with van der Waals surface area (Å²) in [4.78, 5) is 11.8. The minimum absolute atomic E-state index is 0.0202. The van der Waals surface area contributed by atoms with Crippen LogP contribution in [0.5, 0.6) is 0 Å². The zero-order valence-electron chi connectivity index (χ0n) is 8.45. The van der Waals surface area contributed by atoms with Crippen LogP contribution in [0.25, 0.3) is 0 Å². The first kappa shape index (κ1) is 10.5. The highest BCUT2D eigenvalue weighted by Crippen LogP contribution is 2.24. The molecule has 0 spiro atoms. The Kier molecular flexibility index (Phi) is 3.27. The van der Waals surface area contributed by atoms with Crippen molar-refractivity contribution in [1.82, 2.24) is 5.32 Å². The third-order valence-electron chi connectivity index (χ3n) is 2.78. The fourth-order valence-electron chi connectivity index (χ4n) is 1.92. The number of hydrogen-bond acceptors (Lipinski definition) is 1. The van der Waals surface area contributed by atoms with Gasteiger partial charge in [-0.15, -0.1) is 11.6 Å². The predicted molar refractivity (Wildman–Crippen MR) is 61.2 cm³/mol. The van der Waals surface area contributed by atoms with Crippen LogP contribution in [0.3, 0.4) is 0 Å². The molecule has 1 saturated carbocycles. The van der Waals surface area contributed by atoms with Crippen molar-refractivity contribution in [2.24, 2.45) is 0 Å². The van der Waals surface area contributed by atoms with E-state index < -0.39 is 0 Å². The molecule has 80 valence electrons. The Labute approximate surface area is 94.6 Å². The zero-order valence-corrected chi connectivity index (χ0v) is 9.20. The first-order chi connectivity index (χ1) is 7.27. The molecule has 3 heteroatoms. The topological polar surface area (TPSA) is 29.1 Å². The fourth-order valence-corrected chi connectivity index (χ4v) is 2.26. The summed E-state index contributed by atoms with van der Waals surface area (Å²) in [5.74, 6) is -0.0202. The highest BCUT2D eigenvalue weighted by molar-refractivity contribution is 6.21. The lowest BCUT2D eigenvalue weighted by molar-refractivity contribution is 0.0938. The Bertz CT molecular complexity index is 339. The molecule has 1 aromatic carbocycles. The van der Waals surface area contributed by atoms with Crippen molar-refractivity contribution >= 4 is 17.5 Å². The second-order valence-corrected chi connectivity index (χ2v) is 4.45. The summed E-state index contributed by atoms with van der Waals surface area (Å²) >= 11 is 6.10. The van der Waals surface area contributed by atoms with E-state index in [9.17, 15) is 4.79 Å². The number of alkyl halides is 1. The van der Waals surface area contributed by atoms with E-state index in [-0.39, 0.29) is 17.3 Å². The second-order valence-electron chi connectivity index (χ2n) is 3.89. The third-order valence-corrected chi connectivity index (χ3v) is 3.31. The van der Waals surface area contributed by atoms with Gasteiger partial charge in [0.2, 0.25) is 0 Å². The molecule has 15 heavy (non-hydrogen) atoms. The molecule has 2 nitrogen and oxygen atoms in total. The van der Waals surface area contributed by atoms with Gasteiger partial charge in [0.05, 0.1) is 5.38 Å². The smallest absolute Gasteiger partial charge is 0.251 e. The molecule has 0 bridgehead atoms. The summed E-state index contributed by atoms with van der Waals surface area (Å²) in [7, 11) is 0. The van der Waals surface area contributed by atoms with Gasteiger partial charge in [-0.3, -0.25) is 4.79 Å². The van der Waals surface area contributed by atoms with Crippen LogP contribution in [-0.2, 0) is 0 Å². The van der Waals surface area contributed by atoms with E-state index in [2.05, 4.69) is 5.32 Å². The average molecular weight is 224 g/mol. The minimum atomic E-state index is -0.0202. The zero-order chi connectivity index (χ0) is 10.7. The highest BCUT2D eigenvalue weighted by Gasteiger charge is 2.26. The molecule has 0 radical (unpaired) electrons. The third kappa shape index (κ3) is 2.51. The summed E-state index contributed by atoms with van der Waals surface area (Å²) in [6.45, 7) is 0. The number of rotatable bonds is 2. The van der Waals surface area contributed by atoms with Crippen LogP contribution in [0.15, 0.2) is 30.3 Å². The fraction of sp³-hybridized carbons (Fsp3) is 0.417. The van der Waals surface area contributed by atoms with Crippen LogP contribution in [-0.4, -0.2) is 17.3 Å². The quantitative estimate of drug-likeness (QED) is 0.768. The molecule has 1 amide bonds. The highest BCUT2D eigenvalue weighted by atomic mass is 35.5. The molecule has 1 N–H and O–H groups in total. The number of carbonyl (C=O) groups excluding carboxylic acids is 1. The van der Waals surface area contributed by atoms with E-state index in [1.165, 1.54) is 0 Å². The van der Waals surface area contributed by atoms with E-state index in [0.717, 1.165) is 19.3 Å². The molecule has 1 aliphatic carbocycles. The van der Waals surface area contributed by atoms with Gasteiger partial charge in [0.15, 0.2) is 0 Å². The molecular formula is C12H14ClNO. The Hall–Kier alpha value is -1.02. The standard InChI is InChI=1S/C12H14ClNO/c13-10-7-4-8-11(10)14-12(15)9-5-2-1-3-6-9/h1-3,5-6,10-11H,4,7-8H2,(H,14,15)/t10-,11-/m0/s1. The van der Waals surface area contributed by atoms with Crippen LogP contribution in [0, 0.1) is 0 Å². The Morgan fingerprint density at radius 2 is 2.00 bits per heavy atom. The maximum Gasteiger partial charge on any atom is 0.251 e. The van der Waals surface area contributed by atoms with Gasteiger partial charge < -0.3 is 5.32 Å². The molecule has 0 saturated heterocycles. The predicted octanol–water partition coefficient (Wildman–Crippen LogP) is 2.58. The van der Waals surface area contributed by atoms with Crippen molar-refractivity contribution in [3.8, 4) is 0 Å². The van der Waals surface area contributed by atoms with Crippen LogP contribution in [0.2, 0.25) is 0 Å². The first-order valence-corrected chi connectivity index (χ1v) is 5.71. The van der Waals surface area contributed by atoms with Crippen LogP contribution < -0.4 is 5.32 Å². The largest absolute Gasteiger partial charge is 0.348 e. The second kappa shape index (κ2) is 4.67. The van der Waals surface area contributed by atoms with Crippen LogP contribution >= 0.6 is 11.6 Å². The normalized spacial score (nSPS) is 25.1. The Morgan fingerprint density at radius 1 is 1.27 bits per heavy atom. The molecule has 1 aliphatic rings. The first-order valence-electron chi connectivity index (χ1n) is 5.27. The van der Waals surface area contributed by atoms with Crippen molar-refractivity contribution in [3.63, 3.8) is 0 Å². The molecule has 2 atom stereocenters. The lowest BCUT2D eigenvalue weighted by atomic mass is 10.2. The van der Waals surface area contributed by atoms with Gasteiger partial charge in [-0.2, -0.15) is 0 Å². The SMILES string of the molecule is O=C(N[C@H]1CCC[C@@H]1Cl)c1ccccc1. The average Bonchev–Trinajstić information content (AvgIpc) is 2.66. The van der Waals surface area contributed by atoms with Gasteiger partial charge in [-0.1, -0.05) is 18.2 Å². The number of halogens is 1. The molecule has 1 fully saturated rings. The molecule has 0 unspecified atom stereocenters. The van der Waals surface area contributed by atoms with E-state index >= 15 is 0 Å². The number of carbonyl (C=O) groups is 1. The monoisotopic (exact) mass is 223 g/mol. The summed E-state index contributed by atoms with van der Waals surface area (Å²) in [5.41, 5.74) is 0.702. The maximum atomic E-state index is 11.8. The van der Waals surface area contributed by atoms with Gasteiger partial charge in [-0.25, -0.2) is 0 Å². The van der Waals surface area contributed by atoms with E-state index in [1.54, 1.807) is 0 Å². The van der Waals surface area contributed by atoms with E-state index in [4.69, 9.17) is 11.6 Å². The summed E-state index contributed by atoms with van der Waals surface area (Å²) < 4.78 is 0. The van der Waals surface area contributed by atoms with Crippen molar-refractivity contribution in [2.45, 2.75) is 30.7 Å². The minimum Gasteiger partial charge on any atom is -0.348 e. The van der Waals surface area contributed by atoms with Gasteiger partial charge in [0, 0.05) is 11.6 Å². The van der Waals surface area contributed by atoms with E-state index in [0.29, 0.717) is 5.56 Å². The number of nitrogens with one attached hydrogen (secondary N) is 1. The van der Waals surface area contributed by atoms with Gasteiger partial charge in [0.25, 0.3) is 5.91 Å². The van der Waals surface area contributed by atoms with Crippen LogP contribution in [0.1, 0.15) is 29.6 Å². The molecule has 0 heterocycles. The van der Waals surface area contributed by atoms with Crippen molar-refractivity contribution < 1.29 is 4.79 Å². The van der Waals surface area contributed by atoms with Crippen molar-refractivity contribution in [3.05, 3.63) is 35.9 Å². The van der Waals surface area contributed by atoms with Crippen LogP contribution in [0.4, 0.5) is 0 Å². The summed E-state index contributed by atoms with van der Waals surface area (Å²) in [6.07, 6.45) is 3.10. The maximum absolute atomic E-state index is 11.8. The lowest BCUT2D eigenvalue weighted by Crippen LogP contribution is -2.37. The molecule has 2 rings (SSSR count). The van der Waals surface area contributed by atoms with Gasteiger partial charge in [-0.05, 0) is 31.4 Å². The summed E-state index contributed by atoms with van der Waals surface area (Å²) in [5, 5.41) is 3.07. The van der Waals surface area contributed by atoms with Crippen molar-refractivity contribution in [1.29, 1.82) is 0 Å². The number of hydrogen-bond donors (Lipinski definition) is 1. The van der Waals surface area contributed by atoms with Crippen molar-refractivity contribution in [2.75, 3.05) is 0 Å². The number of benzene rings is 1.